The number of aliphatic imine (C=N–C) groups is 1. The van der Waals surface area contributed by atoms with Gasteiger partial charge in [0.2, 0.25) is 5.96 Å². The molecule has 0 spiro atoms. The molecule has 0 aliphatic carbocycles. The van der Waals surface area contributed by atoms with Crippen LogP contribution in [0.4, 0.5) is 5.69 Å². The van der Waals surface area contributed by atoms with Gasteiger partial charge in [0.25, 0.3) is 0 Å². The Kier molecular flexibility index (Phi) is 6.89. The summed E-state index contributed by atoms with van der Waals surface area (Å²) in [5.74, 6) is 0.344. The van der Waals surface area contributed by atoms with Gasteiger partial charge >= 0.3 is 0 Å². The predicted octanol–water partition coefficient (Wildman–Crippen LogP) is -0.262. The first-order chi connectivity index (χ1) is 8.86. The van der Waals surface area contributed by atoms with Gasteiger partial charge in [0.1, 0.15) is 0 Å². The summed E-state index contributed by atoms with van der Waals surface area (Å²) in [7, 11) is 0. The summed E-state index contributed by atoms with van der Waals surface area (Å²) in [5, 5.41) is 22.5. The molecule has 18 heavy (non-hydrogen) atoms. The van der Waals surface area contributed by atoms with E-state index in [4.69, 9.17) is 15.1 Å². The maximum absolute atomic E-state index is 8.60. The third-order valence-corrected chi connectivity index (χ3v) is 1.85. The highest BCUT2D eigenvalue weighted by Crippen LogP contribution is 2.07. The van der Waals surface area contributed by atoms with E-state index in [1.807, 2.05) is 0 Å². The van der Waals surface area contributed by atoms with Gasteiger partial charge in [-0.3, -0.25) is 10.3 Å². The topological polar surface area (TPSA) is 103 Å². The molecule has 96 valence electrons. The summed E-state index contributed by atoms with van der Waals surface area (Å²) >= 11 is 0. The summed E-state index contributed by atoms with van der Waals surface area (Å²) in [4.78, 5) is 8.07. The predicted molar refractivity (Wildman–Crippen MR) is 66.0 cm³/mol. The largest absolute Gasteiger partial charge is 0.394 e. The molecule has 1 aromatic heterocycles. The van der Waals surface area contributed by atoms with Gasteiger partial charge in [-0.25, -0.2) is 4.99 Å². The maximum atomic E-state index is 8.60. The Labute approximate surface area is 105 Å². The summed E-state index contributed by atoms with van der Waals surface area (Å²) in [6.07, 6.45) is 5.04. The monoisotopic (exact) mass is 249 g/mol. The van der Waals surface area contributed by atoms with Gasteiger partial charge in [-0.15, -0.1) is 0 Å². The molecule has 0 radical (unpaired) electrons. The number of nitrogens with one attached hydrogen (secondary N) is 2. The lowest BCUT2D eigenvalue weighted by Gasteiger charge is -2.07. The molecule has 0 saturated heterocycles. The number of rotatable bonds is 6. The molecule has 3 N–H and O–H groups in total. The summed E-state index contributed by atoms with van der Waals surface area (Å²) in [5.41, 5.74) is 0.687. The van der Waals surface area contributed by atoms with Crippen LogP contribution in [0.2, 0.25) is 0 Å². The SMILES string of the molecule is N#CN/C(=N\c1ccncc1)NCCOCCO. The zero-order valence-corrected chi connectivity index (χ0v) is 9.83. The van der Waals surface area contributed by atoms with Crippen molar-refractivity contribution in [1.29, 1.82) is 5.26 Å². The van der Waals surface area contributed by atoms with Crippen molar-refractivity contribution in [2.75, 3.05) is 26.4 Å². The van der Waals surface area contributed by atoms with Crippen LogP contribution in [0, 0.1) is 11.5 Å². The van der Waals surface area contributed by atoms with Crippen LogP contribution < -0.4 is 10.6 Å². The Hall–Kier alpha value is -2.17. The van der Waals surface area contributed by atoms with Crippen molar-refractivity contribution < 1.29 is 9.84 Å². The number of hydrogen-bond donors (Lipinski definition) is 3. The average molecular weight is 249 g/mol. The van der Waals surface area contributed by atoms with E-state index in [9.17, 15) is 0 Å². The lowest BCUT2D eigenvalue weighted by molar-refractivity contribution is 0.0958. The van der Waals surface area contributed by atoms with Gasteiger partial charge < -0.3 is 15.2 Å². The first-order valence-electron chi connectivity index (χ1n) is 5.43. The van der Waals surface area contributed by atoms with Crippen molar-refractivity contribution >= 4 is 11.6 Å². The van der Waals surface area contributed by atoms with Crippen LogP contribution >= 0.6 is 0 Å². The molecule has 0 atom stereocenters. The number of nitrogens with zero attached hydrogens (tertiary/aromatic N) is 3. The molecule has 1 aromatic rings. The molecule has 0 fully saturated rings. The molecule has 1 rings (SSSR count). The summed E-state index contributed by atoms with van der Waals surface area (Å²) in [6.45, 7) is 1.19. The molecule has 0 unspecified atom stereocenters. The zero-order chi connectivity index (χ0) is 13.1. The van der Waals surface area contributed by atoms with Crippen molar-refractivity contribution in [2.24, 2.45) is 4.99 Å². The Bertz CT molecular complexity index is 402. The maximum Gasteiger partial charge on any atom is 0.210 e. The molecule has 0 saturated carbocycles. The van der Waals surface area contributed by atoms with Gasteiger partial charge in [-0.2, -0.15) is 5.26 Å². The molecule has 0 aliphatic rings. The minimum Gasteiger partial charge on any atom is -0.394 e. The normalized spacial score (nSPS) is 10.8. The fourth-order valence-electron chi connectivity index (χ4n) is 1.12. The fraction of sp³-hybridized carbons (Fsp3) is 0.364. The highest BCUT2D eigenvalue weighted by molar-refractivity contribution is 5.83. The second-order valence-corrected chi connectivity index (χ2v) is 3.17. The zero-order valence-electron chi connectivity index (χ0n) is 9.83. The lowest BCUT2D eigenvalue weighted by atomic mass is 10.4. The molecule has 0 bridgehead atoms. The number of nitriles is 1. The Morgan fingerprint density at radius 1 is 1.44 bits per heavy atom. The average Bonchev–Trinajstić information content (AvgIpc) is 2.40. The van der Waals surface area contributed by atoms with E-state index in [1.165, 1.54) is 0 Å². The van der Waals surface area contributed by atoms with Crippen LogP contribution in [0.25, 0.3) is 0 Å². The standard InChI is InChI=1S/C11H15N5O2/c12-9-15-11(14-5-7-18-8-6-17)16-10-1-3-13-4-2-10/h1-4,17H,5-8H2,(H2,13,14,15,16). The van der Waals surface area contributed by atoms with Crippen LogP contribution in [-0.4, -0.2) is 42.4 Å². The highest BCUT2D eigenvalue weighted by Gasteiger charge is 1.97. The van der Waals surface area contributed by atoms with Crippen LogP contribution in [0.15, 0.2) is 29.5 Å². The van der Waals surface area contributed by atoms with Crippen molar-refractivity contribution in [3.63, 3.8) is 0 Å². The highest BCUT2D eigenvalue weighted by atomic mass is 16.5. The van der Waals surface area contributed by atoms with E-state index >= 15 is 0 Å². The Morgan fingerprint density at radius 3 is 2.89 bits per heavy atom. The van der Waals surface area contributed by atoms with Gasteiger partial charge in [0.05, 0.1) is 25.5 Å². The van der Waals surface area contributed by atoms with E-state index in [-0.39, 0.29) is 6.61 Å². The molecule has 1 heterocycles. The van der Waals surface area contributed by atoms with E-state index < -0.39 is 0 Å². The summed E-state index contributed by atoms with van der Waals surface area (Å²) in [6, 6.07) is 3.45. The Balaban J connectivity index is 2.45. The number of aromatic nitrogens is 1. The van der Waals surface area contributed by atoms with Crippen LogP contribution in [0.5, 0.6) is 0 Å². The van der Waals surface area contributed by atoms with Gasteiger partial charge in [-0.05, 0) is 12.1 Å². The van der Waals surface area contributed by atoms with Crippen LogP contribution in [0.1, 0.15) is 0 Å². The minimum absolute atomic E-state index is 0.00555. The number of hydrogen-bond acceptors (Lipinski definition) is 5. The van der Waals surface area contributed by atoms with Crippen molar-refractivity contribution in [2.45, 2.75) is 0 Å². The van der Waals surface area contributed by atoms with Crippen LogP contribution in [-0.2, 0) is 4.74 Å². The first-order valence-corrected chi connectivity index (χ1v) is 5.43. The second kappa shape index (κ2) is 8.92. The van der Waals surface area contributed by atoms with E-state index in [0.717, 1.165) is 0 Å². The Morgan fingerprint density at radius 2 is 2.22 bits per heavy atom. The van der Waals surface area contributed by atoms with Crippen molar-refractivity contribution in [3.8, 4) is 6.19 Å². The second-order valence-electron chi connectivity index (χ2n) is 3.17. The van der Waals surface area contributed by atoms with E-state index in [2.05, 4.69) is 20.6 Å². The first kappa shape index (κ1) is 13.9. The number of ether oxygens (including phenoxy) is 1. The van der Waals surface area contributed by atoms with Crippen molar-refractivity contribution in [1.82, 2.24) is 15.6 Å². The summed E-state index contributed by atoms with van der Waals surface area (Å²) < 4.78 is 5.07. The van der Waals surface area contributed by atoms with Gasteiger partial charge in [0, 0.05) is 18.9 Å². The van der Waals surface area contributed by atoms with E-state index in [0.29, 0.717) is 31.4 Å². The third-order valence-electron chi connectivity index (χ3n) is 1.85. The van der Waals surface area contributed by atoms with Gasteiger partial charge in [0.15, 0.2) is 6.19 Å². The molecular weight excluding hydrogens is 234 g/mol. The number of aliphatic hydroxyl groups excluding tert-OH is 1. The number of guanidine groups is 1. The van der Waals surface area contributed by atoms with Crippen molar-refractivity contribution in [3.05, 3.63) is 24.5 Å². The molecule has 0 aliphatic heterocycles. The number of aliphatic hydroxyl groups is 1. The molecule has 7 heteroatoms. The minimum atomic E-state index is -0.00555. The molecule has 0 aromatic carbocycles. The van der Waals surface area contributed by atoms with E-state index in [1.54, 1.807) is 30.7 Å². The van der Waals surface area contributed by atoms with Gasteiger partial charge in [-0.1, -0.05) is 0 Å². The third kappa shape index (κ3) is 5.79. The fourth-order valence-corrected chi connectivity index (χ4v) is 1.12. The smallest absolute Gasteiger partial charge is 0.210 e. The molecule has 7 nitrogen and oxygen atoms in total. The number of pyridine rings is 1. The molecular formula is C11H15N5O2. The quantitative estimate of drug-likeness (QED) is 0.211. The lowest BCUT2D eigenvalue weighted by Crippen LogP contribution is -2.36. The van der Waals surface area contributed by atoms with Crippen LogP contribution in [0.3, 0.4) is 0 Å². The molecule has 0 amide bonds.